The molecule has 0 bridgehead atoms. The number of hydrogen-bond donors (Lipinski definition) is 0. The number of esters is 1. The van der Waals surface area contributed by atoms with E-state index in [1.54, 1.807) is 24.6 Å². The molecule has 4 aromatic rings. The summed E-state index contributed by atoms with van der Waals surface area (Å²) in [7, 11) is 0. The highest BCUT2D eigenvalue weighted by molar-refractivity contribution is 7.17. The van der Waals surface area contributed by atoms with E-state index in [0.717, 1.165) is 20.4 Å². The van der Waals surface area contributed by atoms with Crippen molar-refractivity contribution in [1.82, 2.24) is 9.55 Å². The van der Waals surface area contributed by atoms with Crippen LogP contribution in [0.1, 0.15) is 23.7 Å². The summed E-state index contributed by atoms with van der Waals surface area (Å²) in [6.07, 6.45) is 0.169. The fraction of sp³-hybridized carbons (Fsp3) is 0.273. The fourth-order valence-electron chi connectivity index (χ4n) is 3.48. The van der Waals surface area contributed by atoms with Crippen LogP contribution in [0.4, 0.5) is 0 Å². The molecule has 32 heavy (non-hydrogen) atoms. The molecule has 164 valence electrons. The number of amides is 1. The first-order chi connectivity index (χ1) is 15.6. The molecule has 0 radical (unpaired) electrons. The minimum Gasteiger partial charge on any atom is -0.486 e. The quantitative estimate of drug-likeness (QED) is 0.413. The van der Waals surface area contributed by atoms with Gasteiger partial charge < -0.3 is 18.8 Å². The van der Waals surface area contributed by atoms with Crippen LogP contribution >= 0.6 is 22.7 Å². The lowest BCUT2D eigenvalue weighted by Crippen LogP contribution is -2.20. The number of carbonyl (C=O) groups excluding carboxylic acids is 2. The van der Waals surface area contributed by atoms with Crippen LogP contribution in [0.3, 0.4) is 0 Å². The topological polar surface area (TPSA) is 92.0 Å². The number of nitrogens with zero attached hydrogens (tertiary/aromatic N) is 3. The van der Waals surface area contributed by atoms with Gasteiger partial charge in [-0.1, -0.05) is 11.3 Å². The van der Waals surface area contributed by atoms with Crippen LogP contribution in [0, 0.1) is 0 Å². The number of benzene rings is 2. The van der Waals surface area contributed by atoms with E-state index in [0.29, 0.717) is 48.2 Å². The molecule has 0 saturated heterocycles. The first-order valence-electron chi connectivity index (χ1n) is 10.1. The SMILES string of the molecule is CCOC(=O)CCn1c(=NC(=O)c2ccc3ncsc3c2)sc2cc3c(cc21)OCCO3. The summed E-state index contributed by atoms with van der Waals surface area (Å²) in [5.41, 5.74) is 3.91. The summed E-state index contributed by atoms with van der Waals surface area (Å²) in [5.74, 6) is 0.648. The molecule has 1 amide bonds. The Morgan fingerprint density at radius 3 is 2.78 bits per heavy atom. The Hall–Kier alpha value is -3.24. The van der Waals surface area contributed by atoms with Crippen LogP contribution in [0.15, 0.2) is 40.8 Å². The predicted molar refractivity (Wildman–Crippen MR) is 122 cm³/mol. The first-order valence-corrected chi connectivity index (χ1v) is 11.8. The van der Waals surface area contributed by atoms with Crippen molar-refractivity contribution in [2.75, 3.05) is 19.8 Å². The second-order valence-corrected chi connectivity index (χ2v) is 8.90. The number of rotatable bonds is 5. The molecule has 0 saturated carbocycles. The molecule has 0 N–H and O–H groups in total. The van der Waals surface area contributed by atoms with E-state index in [2.05, 4.69) is 9.98 Å². The van der Waals surface area contributed by atoms with Crippen molar-refractivity contribution in [3.05, 3.63) is 46.2 Å². The van der Waals surface area contributed by atoms with Crippen LogP contribution in [-0.4, -0.2) is 41.2 Å². The number of aromatic nitrogens is 2. The van der Waals surface area contributed by atoms with Gasteiger partial charge in [0, 0.05) is 24.2 Å². The fourth-order valence-corrected chi connectivity index (χ4v) is 5.26. The third-order valence-electron chi connectivity index (χ3n) is 4.97. The van der Waals surface area contributed by atoms with Crippen LogP contribution < -0.4 is 14.3 Å². The van der Waals surface area contributed by atoms with Crippen molar-refractivity contribution in [3.8, 4) is 11.5 Å². The van der Waals surface area contributed by atoms with Crippen molar-refractivity contribution < 1.29 is 23.8 Å². The monoisotopic (exact) mass is 469 g/mol. The van der Waals surface area contributed by atoms with Gasteiger partial charge in [-0.3, -0.25) is 9.59 Å². The zero-order chi connectivity index (χ0) is 22.1. The van der Waals surface area contributed by atoms with Crippen LogP contribution in [-0.2, 0) is 16.1 Å². The molecular formula is C22H19N3O5S2. The molecule has 2 aromatic heterocycles. The van der Waals surface area contributed by atoms with Crippen molar-refractivity contribution in [1.29, 1.82) is 0 Å². The van der Waals surface area contributed by atoms with E-state index in [1.165, 1.54) is 22.7 Å². The average molecular weight is 470 g/mol. The first kappa shape index (κ1) is 20.7. The number of thiazole rings is 2. The molecule has 0 spiro atoms. The molecule has 3 heterocycles. The second kappa shape index (κ2) is 8.71. The van der Waals surface area contributed by atoms with Gasteiger partial charge in [-0.25, -0.2) is 4.98 Å². The molecule has 0 aliphatic carbocycles. The van der Waals surface area contributed by atoms with Gasteiger partial charge in [0.2, 0.25) is 0 Å². The maximum atomic E-state index is 13.0. The molecule has 0 unspecified atom stereocenters. The summed E-state index contributed by atoms with van der Waals surface area (Å²) in [4.78, 5) is 34.1. The molecule has 1 aliphatic heterocycles. The zero-order valence-electron chi connectivity index (χ0n) is 17.2. The molecule has 5 rings (SSSR count). The maximum absolute atomic E-state index is 13.0. The summed E-state index contributed by atoms with van der Waals surface area (Å²) in [6.45, 7) is 3.39. The standard InChI is InChI=1S/C22H19N3O5S2/c1-2-28-20(26)5-6-25-15-10-16-17(30-8-7-29-16)11-19(15)32-22(25)24-21(27)13-3-4-14-18(9-13)31-12-23-14/h3-4,9-12H,2,5-8H2,1H3. The normalized spacial score (nSPS) is 13.6. The summed E-state index contributed by atoms with van der Waals surface area (Å²) >= 11 is 2.84. The second-order valence-electron chi connectivity index (χ2n) is 7.01. The molecule has 8 nitrogen and oxygen atoms in total. The van der Waals surface area contributed by atoms with E-state index >= 15 is 0 Å². The smallest absolute Gasteiger partial charge is 0.307 e. The van der Waals surface area contributed by atoms with Gasteiger partial charge in [0.05, 0.1) is 39.0 Å². The summed E-state index contributed by atoms with van der Waals surface area (Å²) in [5, 5.41) is 0. The molecule has 10 heteroatoms. The van der Waals surface area contributed by atoms with Gasteiger partial charge in [0.15, 0.2) is 16.3 Å². The number of hydrogen-bond acceptors (Lipinski definition) is 8. The number of fused-ring (bicyclic) bond motifs is 3. The largest absolute Gasteiger partial charge is 0.486 e. The lowest BCUT2D eigenvalue weighted by molar-refractivity contribution is -0.143. The van der Waals surface area contributed by atoms with E-state index in [9.17, 15) is 9.59 Å². The number of aryl methyl sites for hydroxylation is 1. The molecule has 1 aliphatic rings. The Bertz CT molecular complexity index is 1400. The molecule has 2 aromatic carbocycles. The number of carbonyl (C=O) groups is 2. The van der Waals surface area contributed by atoms with Crippen LogP contribution in [0.2, 0.25) is 0 Å². The Morgan fingerprint density at radius 2 is 1.97 bits per heavy atom. The van der Waals surface area contributed by atoms with Gasteiger partial charge in [-0.05, 0) is 25.1 Å². The third-order valence-corrected chi connectivity index (χ3v) is 6.80. The Morgan fingerprint density at radius 1 is 1.16 bits per heavy atom. The summed E-state index contributed by atoms with van der Waals surface area (Å²) < 4.78 is 20.2. The Labute approximate surface area is 190 Å². The van der Waals surface area contributed by atoms with Crippen molar-refractivity contribution in [3.63, 3.8) is 0 Å². The van der Waals surface area contributed by atoms with E-state index in [4.69, 9.17) is 14.2 Å². The van der Waals surface area contributed by atoms with E-state index in [-0.39, 0.29) is 18.3 Å². The van der Waals surface area contributed by atoms with Gasteiger partial charge in [0.1, 0.15) is 13.2 Å². The Kier molecular flexibility index (Phi) is 5.62. The molecular weight excluding hydrogens is 450 g/mol. The summed E-state index contributed by atoms with van der Waals surface area (Å²) in [6, 6.07) is 9.11. The number of ether oxygens (including phenoxy) is 3. The van der Waals surface area contributed by atoms with Gasteiger partial charge in [0.25, 0.3) is 5.91 Å². The zero-order valence-corrected chi connectivity index (χ0v) is 18.8. The van der Waals surface area contributed by atoms with Gasteiger partial charge in [-0.2, -0.15) is 4.99 Å². The van der Waals surface area contributed by atoms with Gasteiger partial charge >= 0.3 is 5.97 Å². The van der Waals surface area contributed by atoms with Crippen molar-refractivity contribution in [2.45, 2.75) is 19.9 Å². The van der Waals surface area contributed by atoms with Gasteiger partial charge in [-0.15, -0.1) is 11.3 Å². The minimum absolute atomic E-state index is 0.169. The lowest BCUT2D eigenvalue weighted by atomic mass is 10.2. The lowest BCUT2D eigenvalue weighted by Gasteiger charge is -2.18. The average Bonchev–Trinajstić information content (AvgIpc) is 3.39. The highest BCUT2D eigenvalue weighted by atomic mass is 32.1. The molecule has 0 fully saturated rings. The van der Waals surface area contributed by atoms with E-state index in [1.807, 2.05) is 22.8 Å². The highest BCUT2D eigenvalue weighted by Crippen LogP contribution is 2.35. The third kappa shape index (κ3) is 3.98. The maximum Gasteiger partial charge on any atom is 0.307 e. The predicted octanol–water partition coefficient (Wildman–Crippen LogP) is 3.78. The van der Waals surface area contributed by atoms with Crippen LogP contribution in [0.25, 0.3) is 20.4 Å². The van der Waals surface area contributed by atoms with Crippen LogP contribution in [0.5, 0.6) is 11.5 Å². The molecule has 0 atom stereocenters. The Balaban J connectivity index is 1.58. The van der Waals surface area contributed by atoms with Crippen molar-refractivity contribution >= 4 is 55.0 Å². The van der Waals surface area contributed by atoms with Crippen molar-refractivity contribution in [2.24, 2.45) is 4.99 Å². The minimum atomic E-state index is -0.353. The highest BCUT2D eigenvalue weighted by Gasteiger charge is 2.18. The van der Waals surface area contributed by atoms with E-state index < -0.39 is 0 Å².